The minimum absolute atomic E-state index is 0. The number of pyridine rings is 1. The molecule has 2 N–H and O–H groups in total. The number of aromatic nitrogens is 4. The van der Waals surface area contributed by atoms with Crippen molar-refractivity contribution in [2.45, 2.75) is 25.4 Å². The minimum Gasteiger partial charge on any atom is -0.349 e. The third kappa shape index (κ3) is 5.18. The van der Waals surface area contributed by atoms with Crippen molar-refractivity contribution in [1.29, 1.82) is 0 Å². The molecule has 0 spiro atoms. The third-order valence-corrected chi connectivity index (χ3v) is 5.10. The van der Waals surface area contributed by atoms with Crippen molar-refractivity contribution in [2.24, 2.45) is 7.05 Å². The fraction of sp³-hybridized carbons (Fsp3) is 0.350. The molecule has 1 saturated heterocycles. The molecule has 7 nitrogen and oxygen atoms in total. The van der Waals surface area contributed by atoms with E-state index in [1.54, 1.807) is 6.20 Å². The van der Waals surface area contributed by atoms with Gasteiger partial charge in [-0.3, -0.25) is 14.9 Å². The van der Waals surface area contributed by atoms with Crippen molar-refractivity contribution in [3.05, 3.63) is 60.2 Å². The highest BCUT2D eigenvalue weighted by molar-refractivity contribution is 5.93. The molecule has 0 saturated carbocycles. The second-order valence-electron chi connectivity index (χ2n) is 6.95. The van der Waals surface area contributed by atoms with Crippen LogP contribution >= 0.6 is 24.8 Å². The summed E-state index contributed by atoms with van der Waals surface area (Å²) in [5.74, 6) is -0.0151. The summed E-state index contributed by atoms with van der Waals surface area (Å²) >= 11 is 0. The number of piperidine rings is 1. The fourth-order valence-electron chi connectivity index (χ4n) is 3.62. The van der Waals surface area contributed by atoms with E-state index in [0.29, 0.717) is 12.2 Å². The predicted molar refractivity (Wildman–Crippen MR) is 117 cm³/mol. The lowest BCUT2D eigenvalue weighted by Crippen LogP contribution is -2.45. The van der Waals surface area contributed by atoms with E-state index in [4.69, 9.17) is 0 Å². The van der Waals surface area contributed by atoms with Crippen molar-refractivity contribution in [3.63, 3.8) is 0 Å². The van der Waals surface area contributed by atoms with E-state index in [1.807, 2.05) is 59.2 Å². The molecular weight excluding hydrogens is 411 g/mol. The number of hydrogen-bond acceptors (Lipinski definition) is 4. The lowest BCUT2D eigenvalue weighted by atomic mass is 10.0. The van der Waals surface area contributed by atoms with E-state index >= 15 is 0 Å². The van der Waals surface area contributed by atoms with E-state index in [1.165, 1.54) is 0 Å². The fourth-order valence-corrected chi connectivity index (χ4v) is 3.62. The highest BCUT2D eigenvalue weighted by Gasteiger charge is 2.27. The number of H-pyrrole nitrogens is 1. The number of aryl methyl sites for hydroxylation is 1. The lowest BCUT2D eigenvalue weighted by molar-refractivity contribution is 0.0617. The average molecular weight is 437 g/mol. The van der Waals surface area contributed by atoms with Gasteiger partial charge in [-0.25, -0.2) is 0 Å². The minimum atomic E-state index is -0.0151. The summed E-state index contributed by atoms with van der Waals surface area (Å²) in [5, 5.41) is 10.7. The summed E-state index contributed by atoms with van der Waals surface area (Å²) in [5.41, 5.74) is 3.31. The Hall–Kier alpha value is -2.35. The van der Waals surface area contributed by atoms with Crippen molar-refractivity contribution in [1.82, 2.24) is 30.0 Å². The van der Waals surface area contributed by atoms with Crippen LogP contribution in [-0.4, -0.2) is 49.7 Å². The molecule has 29 heavy (non-hydrogen) atoms. The van der Waals surface area contributed by atoms with Crippen LogP contribution in [0.15, 0.2) is 48.9 Å². The van der Waals surface area contributed by atoms with Gasteiger partial charge in [-0.15, -0.1) is 24.8 Å². The molecular formula is C20H26Cl2N6O. The third-order valence-electron chi connectivity index (χ3n) is 5.10. The summed E-state index contributed by atoms with van der Waals surface area (Å²) < 4.78 is 1.99. The van der Waals surface area contributed by atoms with Gasteiger partial charge in [0, 0.05) is 38.2 Å². The Balaban J connectivity index is 0.00000150. The molecule has 4 heterocycles. The van der Waals surface area contributed by atoms with Gasteiger partial charge in [0.1, 0.15) is 11.4 Å². The summed E-state index contributed by atoms with van der Waals surface area (Å²) in [4.78, 5) is 19.5. The number of nitrogens with one attached hydrogen (secondary N) is 2. The Labute approximate surface area is 182 Å². The van der Waals surface area contributed by atoms with Crippen LogP contribution in [0, 0.1) is 0 Å². The maximum Gasteiger partial charge on any atom is 0.272 e. The highest BCUT2D eigenvalue weighted by Crippen LogP contribution is 2.22. The molecule has 1 aliphatic rings. The zero-order chi connectivity index (χ0) is 18.6. The molecule has 1 amide bonds. The molecule has 0 aliphatic carbocycles. The first kappa shape index (κ1) is 22.9. The van der Waals surface area contributed by atoms with Crippen LogP contribution in [0.5, 0.6) is 0 Å². The molecule has 9 heteroatoms. The average Bonchev–Trinajstić information content (AvgIpc) is 3.36. The van der Waals surface area contributed by atoms with Crippen molar-refractivity contribution < 1.29 is 4.79 Å². The zero-order valence-electron chi connectivity index (χ0n) is 16.2. The Morgan fingerprint density at radius 2 is 2.03 bits per heavy atom. The van der Waals surface area contributed by atoms with Crippen LogP contribution in [0.25, 0.3) is 11.4 Å². The number of amides is 1. The topological polar surface area (TPSA) is 78.8 Å². The van der Waals surface area contributed by atoms with Crippen LogP contribution in [0.4, 0.5) is 0 Å². The van der Waals surface area contributed by atoms with Crippen LogP contribution in [0.1, 0.15) is 28.9 Å². The van der Waals surface area contributed by atoms with Crippen molar-refractivity contribution >= 4 is 30.7 Å². The first-order chi connectivity index (χ1) is 13.2. The Morgan fingerprint density at radius 3 is 2.69 bits per heavy atom. The van der Waals surface area contributed by atoms with E-state index in [9.17, 15) is 4.79 Å². The van der Waals surface area contributed by atoms with Gasteiger partial charge < -0.3 is 14.8 Å². The van der Waals surface area contributed by atoms with Gasteiger partial charge in [0.2, 0.25) is 0 Å². The Morgan fingerprint density at radius 1 is 1.24 bits per heavy atom. The second-order valence-corrected chi connectivity index (χ2v) is 6.95. The first-order valence-corrected chi connectivity index (χ1v) is 9.30. The standard InChI is InChI=1S/C20H24N6O.2ClH/c1-25-11-3-5-19(25)17-12-18(24-23-17)20(27)26(16-6-9-21-10-7-16)14-15-4-2-8-22-13-15;;/h2-5,8,11-13,16,21H,6-7,9-10,14H2,1H3,(H,23,24);2*1H. The van der Waals surface area contributed by atoms with Crippen LogP contribution in [0.2, 0.25) is 0 Å². The van der Waals surface area contributed by atoms with E-state index in [0.717, 1.165) is 42.9 Å². The Bertz CT molecular complexity index is 905. The molecule has 156 valence electrons. The number of hydrogen-bond donors (Lipinski definition) is 2. The summed E-state index contributed by atoms with van der Waals surface area (Å²) in [6.07, 6.45) is 7.44. The number of aromatic amines is 1. The molecule has 0 aromatic carbocycles. The van der Waals surface area contributed by atoms with Gasteiger partial charge in [0.25, 0.3) is 5.91 Å². The van der Waals surface area contributed by atoms with Crippen LogP contribution in [-0.2, 0) is 13.6 Å². The summed E-state index contributed by atoms with van der Waals surface area (Å²) in [6, 6.07) is 9.93. The van der Waals surface area contributed by atoms with Gasteiger partial charge in [-0.2, -0.15) is 5.10 Å². The SMILES string of the molecule is Cl.Cl.Cn1cccc1-c1cc(C(=O)N(Cc2cccnc2)C2CCNCC2)[nH]n1. The van der Waals surface area contributed by atoms with Crippen LogP contribution in [0.3, 0.4) is 0 Å². The molecule has 0 atom stereocenters. The maximum absolute atomic E-state index is 13.3. The zero-order valence-corrected chi connectivity index (χ0v) is 17.9. The number of nitrogens with zero attached hydrogens (tertiary/aromatic N) is 4. The van der Waals surface area contributed by atoms with Crippen molar-refractivity contribution in [3.8, 4) is 11.4 Å². The number of rotatable bonds is 5. The molecule has 3 aromatic heterocycles. The summed E-state index contributed by atoms with van der Waals surface area (Å²) in [7, 11) is 1.97. The second kappa shape index (κ2) is 10.4. The molecule has 1 aliphatic heterocycles. The number of carbonyl (C=O) groups is 1. The first-order valence-electron chi connectivity index (χ1n) is 9.30. The molecule has 3 aromatic rings. The van der Waals surface area contributed by atoms with Gasteiger partial charge >= 0.3 is 0 Å². The number of halogens is 2. The van der Waals surface area contributed by atoms with Gasteiger partial charge in [-0.05, 0) is 55.8 Å². The van der Waals surface area contributed by atoms with Gasteiger partial charge in [0.15, 0.2) is 0 Å². The Kier molecular flexibility index (Phi) is 8.25. The maximum atomic E-state index is 13.3. The molecule has 0 bridgehead atoms. The molecule has 4 rings (SSSR count). The molecule has 0 unspecified atom stereocenters. The number of carbonyl (C=O) groups excluding carboxylic acids is 1. The smallest absolute Gasteiger partial charge is 0.272 e. The van der Waals surface area contributed by atoms with Gasteiger partial charge in [-0.1, -0.05) is 6.07 Å². The summed E-state index contributed by atoms with van der Waals surface area (Å²) in [6.45, 7) is 2.41. The van der Waals surface area contributed by atoms with E-state index < -0.39 is 0 Å². The predicted octanol–water partition coefficient (Wildman–Crippen LogP) is 3.05. The normalized spacial score (nSPS) is 14.0. The largest absolute Gasteiger partial charge is 0.349 e. The van der Waals surface area contributed by atoms with Crippen molar-refractivity contribution in [2.75, 3.05) is 13.1 Å². The van der Waals surface area contributed by atoms with Gasteiger partial charge in [0.05, 0.1) is 5.69 Å². The van der Waals surface area contributed by atoms with Crippen LogP contribution < -0.4 is 5.32 Å². The quantitative estimate of drug-likeness (QED) is 0.643. The van der Waals surface area contributed by atoms with E-state index in [-0.39, 0.29) is 36.8 Å². The molecule has 1 fully saturated rings. The highest BCUT2D eigenvalue weighted by atomic mass is 35.5. The monoisotopic (exact) mass is 436 g/mol. The lowest BCUT2D eigenvalue weighted by Gasteiger charge is -2.34. The molecule has 0 radical (unpaired) electrons. The van der Waals surface area contributed by atoms with E-state index in [2.05, 4.69) is 20.5 Å².